The molecule has 15 heteroatoms. The van der Waals surface area contributed by atoms with E-state index in [1.807, 2.05) is 41.1 Å². The Morgan fingerprint density at radius 1 is 0.927 bits per heavy atom. The molecule has 2 amide bonds. The molecule has 302 valence electrons. The van der Waals surface area contributed by atoms with Crippen molar-refractivity contribution >= 4 is 39.3 Å². The molecule has 0 saturated heterocycles. The van der Waals surface area contributed by atoms with E-state index in [9.17, 15) is 22.8 Å². The minimum atomic E-state index is -4.19. The van der Waals surface area contributed by atoms with Gasteiger partial charge in [-0.3, -0.25) is 4.90 Å². The highest BCUT2D eigenvalue weighted by Crippen LogP contribution is 2.47. The summed E-state index contributed by atoms with van der Waals surface area (Å²) in [6.07, 6.45) is 3.92. The summed E-state index contributed by atoms with van der Waals surface area (Å²) in [5, 5.41) is 1.05. The van der Waals surface area contributed by atoms with Gasteiger partial charge in [-0.05, 0) is 90.1 Å². The predicted octanol–water partition coefficient (Wildman–Crippen LogP) is 6.86. The lowest BCUT2D eigenvalue weighted by Gasteiger charge is -2.35. The van der Waals surface area contributed by atoms with Gasteiger partial charge in [-0.2, -0.15) is 12.7 Å². The zero-order chi connectivity index (χ0) is 40.1. The van der Waals surface area contributed by atoms with Crippen LogP contribution >= 0.6 is 0 Å². The Kier molecular flexibility index (Phi) is 13.1. The first-order chi connectivity index (χ1) is 25.9. The fourth-order valence-electron chi connectivity index (χ4n) is 7.14. The number of benzene rings is 2. The number of fused-ring (bicyclic) bond motifs is 5. The summed E-state index contributed by atoms with van der Waals surface area (Å²) in [4.78, 5) is 40.5. The highest BCUT2D eigenvalue weighted by atomic mass is 32.2. The molecule has 5 rings (SSSR count). The van der Waals surface area contributed by atoms with Crippen LogP contribution in [0.1, 0.15) is 95.5 Å². The average molecular weight is 785 g/mol. The van der Waals surface area contributed by atoms with Gasteiger partial charge in [0.15, 0.2) is 0 Å². The number of nitrogens with one attached hydrogen (secondary N) is 1. The molecule has 1 aliphatic heterocycles. The van der Waals surface area contributed by atoms with E-state index in [-0.39, 0.29) is 32.9 Å². The van der Waals surface area contributed by atoms with E-state index in [4.69, 9.17) is 23.7 Å². The SMILES string of the molecule is COC(=O)c1ccc2c(C3CCCCC3)c3n(c2c1)C[C@@H](N(CCOCCN(C)S(=O)(=O)NC(=O)OC(C)(C)C)C(=O)OC(C)(C)C)COc1ccccc1-3. The monoisotopic (exact) mass is 784 g/mol. The minimum absolute atomic E-state index is 0.0180. The largest absolute Gasteiger partial charge is 0.491 e. The van der Waals surface area contributed by atoms with Gasteiger partial charge in [0.05, 0.1) is 37.6 Å². The molecule has 0 bridgehead atoms. The van der Waals surface area contributed by atoms with Crippen molar-refractivity contribution in [3.63, 3.8) is 0 Å². The average Bonchev–Trinajstić information content (AvgIpc) is 3.41. The van der Waals surface area contributed by atoms with Crippen LogP contribution in [0.25, 0.3) is 22.2 Å². The number of ether oxygens (including phenoxy) is 5. The van der Waals surface area contributed by atoms with Crippen LogP contribution in [0.5, 0.6) is 5.75 Å². The number of likely N-dealkylation sites (N-methyl/N-ethyl adjacent to an activating group) is 1. The number of para-hydroxylation sites is 1. The molecule has 1 fully saturated rings. The zero-order valence-corrected chi connectivity index (χ0v) is 34.1. The van der Waals surface area contributed by atoms with E-state index in [1.54, 1.807) is 46.4 Å². The van der Waals surface area contributed by atoms with Crippen molar-refractivity contribution in [3.8, 4) is 17.0 Å². The summed E-state index contributed by atoms with van der Waals surface area (Å²) in [6, 6.07) is 13.1. The van der Waals surface area contributed by atoms with E-state index in [0.29, 0.717) is 23.8 Å². The molecule has 0 radical (unpaired) electrons. The maximum atomic E-state index is 14.0. The molecule has 2 heterocycles. The number of aromatic nitrogens is 1. The molecule has 1 aromatic heterocycles. The van der Waals surface area contributed by atoms with Crippen molar-refractivity contribution in [1.29, 1.82) is 0 Å². The summed E-state index contributed by atoms with van der Waals surface area (Å²) >= 11 is 0. The van der Waals surface area contributed by atoms with Crippen molar-refractivity contribution < 1.29 is 46.5 Å². The third-order valence-electron chi connectivity index (χ3n) is 9.62. The molecule has 3 aromatic rings. The first kappa shape index (κ1) is 41.8. The number of carbonyl (C=O) groups excluding carboxylic acids is 3. The van der Waals surface area contributed by atoms with Crippen molar-refractivity contribution in [3.05, 3.63) is 53.6 Å². The molecular weight excluding hydrogens is 729 g/mol. The second kappa shape index (κ2) is 17.2. The van der Waals surface area contributed by atoms with Gasteiger partial charge in [0.1, 0.15) is 23.6 Å². The third kappa shape index (κ3) is 10.5. The van der Waals surface area contributed by atoms with Crippen molar-refractivity contribution in [1.82, 2.24) is 18.5 Å². The van der Waals surface area contributed by atoms with E-state index in [0.717, 1.165) is 52.1 Å². The second-order valence-electron chi connectivity index (χ2n) is 16.1. The van der Waals surface area contributed by atoms with Crippen molar-refractivity contribution in [2.45, 2.75) is 103 Å². The lowest BCUT2D eigenvalue weighted by Crippen LogP contribution is -2.50. The summed E-state index contributed by atoms with van der Waals surface area (Å²) in [5.74, 6) is 0.555. The standard InChI is InChI=1S/C40H56N4O10S/c1-39(2,3)53-37(46)41-55(48,49)42(7)20-22-51-23-21-43(38(47)54-40(4,5)6)29-25-44-32-24-28(36(45)50-8)18-19-30(32)34(27-14-10-9-11-15-27)35(44)31-16-12-13-17-33(31)52-26-29/h12-13,16-19,24,27,29H,9-11,14-15,20-23,25-26H2,1-8H3,(H,41,46)/t29-/m1/s1. The van der Waals surface area contributed by atoms with Gasteiger partial charge >= 0.3 is 28.4 Å². The van der Waals surface area contributed by atoms with Crippen molar-refractivity contribution in [2.75, 3.05) is 47.1 Å². The molecule has 14 nitrogen and oxygen atoms in total. The van der Waals surface area contributed by atoms with E-state index < -0.39 is 45.6 Å². The predicted molar refractivity (Wildman–Crippen MR) is 209 cm³/mol. The van der Waals surface area contributed by atoms with Crippen LogP contribution < -0.4 is 9.46 Å². The Hall–Kier alpha value is -4.34. The Bertz CT molecular complexity index is 1960. The Morgan fingerprint density at radius 3 is 2.27 bits per heavy atom. The van der Waals surface area contributed by atoms with Crippen molar-refractivity contribution in [2.24, 2.45) is 0 Å². The van der Waals surface area contributed by atoms with Gasteiger partial charge in [-0.15, -0.1) is 0 Å². The van der Waals surface area contributed by atoms with Gasteiger partial charge in [-0.25, -0.2) is 19.1 Å². The summed E-state index contributed by atoms with van der Waals surface area (Å²) < 4.78 is 59.0. The minimum Gasteiger partial charge on any atom is -0.491 e. The Morgan fingerprint density at radius 2 is 1.60 bits per heavy atom. The molecule has 1 N–H and O–H groups in total. The quantitative estimate of drug-likeness (QED) is 0.124. The summed E-state index contributed by atoms with van der Waals surface area (Å²) in [5.41, 5.74) is 2.81. The van der Waals surface area contributed by atoms with Crippen LogP contribution in [0, 0.1) is 0 Å². The van der Waals surface area contributed by atoms with Crippen LogP contribution in [0.4, 0.5) is 9.59 Å². The van der Waals surface area contributed by atoms with E-state index in [1.165, 1.54) is 26.1 Å². The first-order valence-corrected chi connectivity index (χ1v) is 20.3. The van der Waals surface area contributed by atoms with Crippen LogP contribution in [-0.2, 0) is 35.7 Å². The maximum absolute atomic E-state index is 14.0. The summed E-state index contributed by atoms with van der Waals surface area (Å²) in [6.45, 7) is 10.8. The number of hydrogen-bond donors (Lipinski definition) is 1. The molecular formula is C40H56N4O10S. The highest BCUT2D eigenvalue weighted by Gasteiger charge is 2.35. The number of hydrogen-bond acceptors (Lipinski definition) is 10. The number of rotatable bonds is 11. The van der Waals surface area contributed by atoms with Gasteiger partial charge < -0.3 is 28.3 Å². The Labute approximate surface area is 324 Å². The molecule has 2 aromatic carbocycles. The molecule has 0 unspecified atom stereocenters. The first-order valence-electron chi connectivity index (χ1n) is 18.9. The number of nitrogens with zero attached hydrogens (tertiary/aromatic N) is 3. The van der Waals surface area contributed by atoms with Crippen LogP contribution in [-0.4, -0.2) is 105 Å². The lowest BCUT2D eigenvalue weighted by molar-refractivity contribution is -0.000582. The zero-order valence-electron chi connectivity index (χ0n) is 33.3. The molecule has 1 aliphatic carbocycles. The van der Waals surface area contributed by atoms with E-state index in [2.05, 4.69) is 10.6 Å². The molecule has 1 saturated carbocycles. The van der Waals surface area contributed by atoms with Gasteiger partial charge in [-0.1, -0.05) is 37.5 Å². The van der Waals surface area contributed by atoms with Crippen LogP contribution in [0.3, 0.4) is 0 Å². The van der Waals surface area contributed by atoms with Gasteiger partial charge in [0, 0.05) is 43.1 Å². The number of carbonyl (C=O) groups is 3. The van der Waals surface area contributed by atoms with Gasteiger partial charge in [0.2, 0.25) is 0 Å². The maximum Gasteiger partial charge on any atom is 0.422 e. The normalized spacial score (nSPS) is 16.6. The van der Waals surface area contributed by atoms with Crippen LogP contribution in [0.15, 0.2) is 42.5 Å². The second-order valence-corrected chi connectivity index (χ2v) is 17.9. The molecule has 55 heavy (non-hydrogen) atoms. The smallest absolute Gasteiger partial charge is 0.422 e. The fourth-order valence-corrected chi connectivity index (χ4v) is 7.86. The van der Waals surface area contributed by atoms with Gasteiger partial charge in [0.25, 0.3) is 0 Å². The number of amides is 2. The number of methoxy groups -OCH3 is 1. The van der Waals surface area contributed by atoms with E-state index >= 15 is 0 Å². The summed E-state index contributed by atoms with van der Waals surface area (Å²) in [7, 11) is -1.50. The fraction of sp³-hybridized carbons (Fsp3) is 0.575. The highest BCUT2D eigenvalue weighted by molar-refractivity contribution is 7.87. The lowest BCUT2D eigenvalue weighted by atomic mass is 9.81. The molecule has 0 spiro atoms. The number of esters is 1. The Balaban J connectivity index is 1.45. The topological polar surface area (TPSA) is 155 Å². The molecule has 2 aliphatic rings. The van der Waals surface area contributed by atoms with Crippen LogP contribution in [0.2, 0.25) is 0 Å². The molecule has 1 atom stereocenters. The third-order valence-corrected chi connectivity index (χ3v) is 11.1.